The van der Waals surface area contributed by atoms with Gasteiger partial charge in [-0.15, -0.1) is 0 Å². The zero-order chi connectivity index (χ0) is 13.7. The molecule has 0 unspecified atom stereocenters. The molecule has 7 heteroatoms. The summed E-state index contributed by atoms with van der Waals surface area (Å²) in [5.74, 6) is 0.454. The minimum atomic E-state index is -0.486. The molecule has 1 saturated heterocycles. The number of likely N-dealkylation sites (tertiary alicyclic amines) is 1. The number of nitrogens with zero attached hydrogens (tertiary/aromatic N) is 3. The molecule has 2 rings (SSSR count). The largest absolute Gasteiger partial charge is 0.342 e. The lowest BCUT2D eigenvalue weighted by atomic mass is 10.1. The first kappa shape index (κ1) is 13.8. The molecule has 0 radical (unpaired) electrons. The van der Waals surface area contributed by atoms with Crippen LogP contribution in [0.1, 0.15) is 19.3 Å². The van der Waals surface area contributed by atoms with Crippen LogP contribution < -0.4 is 0 Å². The fourth-order valence-corrected chi connectivity index (χ4v) is 2.68. The molecule has 1 aromatic rings. The molecule has 102 valence electrons. The van der Waals surface area contributed by atoms with E-state index < -0.39 is 4.92 Å². The smallest absolute Gasteiger partial charge is 0.287 e. The highest BCUT2D eigenvalue weighted by molar-refractivity contribution is 7.99. The number of piperidine rings is 1. The molecule has 0 saturated carbocycles. The Kier molecular flexibility index (Phi) is 4.73. The summed E-state index contributed by atoms with van der Waals surface area (Å²) in [5, 5.41) is 11.1. The molecular weight excluding hydrogens is 266 g/mol. The van der Waals surface area contributed by atoms with E-state index in [1.807, 2.05) is 4.90 Å². The summed E-state index contributed by atoms with van der Waals surface area (Å²) in [6.45, 7) is 1.68. The summed E-state index contributed by atoms with van der Waals surface area (Å²) in [6, 6.07) is 2.98. The van der Waals surface area contributed by atoms with Gasteiger partial charge in [0.2, 0.25) is 5.91 Å². The Morgan fingerprint density at radius 2 is 2.11 bits per heavy atom. The summed E-state index contributed by atoms with van der Waals surface area (Å²) in [6.07, 6.45) is 4.56. The van der Waals surface area contributed by atoms with Crippen LogP contribution in [0.2, 0.25) is 0 Å². The van der Waals surface area contributed by atoms with Crippen LogP contribution >= 0.6 is 11.8 Å². The van der Waals surface area contributed by atoms with Crippen molar-refractivity contribution in [2.75, 3.05) is 18.8 Å². The molecule has 1 amide bonds. The first-order valence-corrected chi connectivity index (χ1v) is 7.16. The SMILES string of the molecule is O=C(CSc1ccc([N+](=O)[O-])cn1)N1CCCCC1. The lowest BCUT2D eigenvalue weighted by molar-refractivity contribution is -0.385. The van der Waals surface area contributed by atoms with Gasteiger partial charge < -0.3 is 4.90 Å². The van der Waals surface area contributed by atoms with E-state index in [9.17, 15) is 14.9 Å². The normalized spacial score (nSPS) is 15.3. The standard InChI is InChI=1S/C12H15N3O3S/c16-12(14-6-2-1-3-7-14)9-19-11-5-4-10(8-13-11)15(17)18/h4-5,8H,1-3,6-7,9H2. The van der Waals surface area contributed by atoms with E-state index in [-0.39, 0.29) is 11.6 Å². The van der Waals surface area contributed by atoms with Gasteiger partial charge in [0, 0.05) is 19.2 Å². The van der Waals surface area contributed by atoms with E-state index >= 15 is 0 Å². The molecule has 0 aliphatic carbocycles. The third kappa shape index (κ3) is 3.92. The van der Waals surface area contributed by atoms with Gasteiger partial charge >= 0.3 is 0 Å². The Hall–Kier alpha value is -1.63. The average molecular weight is 281 g/mol. The van der Waals surface area contributed by atoms with Crippen molar-refractivity contribution in [3.05, 3.63) is 28.4 Å². The number of carbonyl (C=O) groups excluding carboxylic acids is 1. The minimum Gasteiger partial charge on any atom is -0.342 e. The molecule has 0 bridgehead atoms. The molecule has 0 N–H and O–H groups in total. The first-order valence-electron chi connectivity index (χ1n) is 6.18. The van der Waals surface area contributed by atoms with Gasteiger partial charge in [-0.3, -0.25) is 14.9 Å². The van der Waals surface area contributed by atoms with Crippen LogP contribution in [0.25, 0.3) is 0 Å². The first-order chi connectivity index (χ1) is 9.16. The Morgan fingerprint density at radius 1 is 1.37 bits per heavy atom. The van der Waals surface area contributed by atoms with Gasteiger partial charge in [0.05, 0.1) is 15.7 Å². The van der Waals surface area contributed by atoms with Crippen LogP contribution in [0.4, 0.5) is 5.69 Å². The van der Waals surface area contributed by atoms with E-state index in [0.717, 1.165) is 25.9 Å². The van der Waals surface area contributed by atoms with Crippen molar-refractivity contribution in [2.45, 2.75) is 24.3 Å². The summed E-state index contributed by atoms with van der Waals surface area (Å²) >= 11 is 1.32. The van der Waals surface area contributed by atoms with Crippen LogP contribution in [-0.2, 0) is 4.79 Å². The van der Waals surface area contributed by atoms with E-state index in [1.54, 1.807) is 6.07 Å². The maximum Gasteiger partial charge on any atom is 0.287 e. The maximum absolute atomic E-state index is 11.9. The average Bonchev–Trinajstić information content (AvgIpc) is 2.46. The number of hydrogen-bond acceptors (Lipinski definition) is 5. The Labute approximate surface area is 115 Å². The second-order valence-corrected chi connectivity index (χ2v) is 5.34. The second-order valence-electron chi connectivity index (χ2n) is 4.34. The van der Waals surface area contributed by atoms with Crippen molar-refractivity contribution in [1.29, 1.82) is 0 Å². The molecule has 0 spiro atoms. The van der Waals surface area contributed by atoms with E-state index in [4.69, 9.17) is 0 Å². The van der Waals surface area contributed by atoms with Crippen molar-refractivity contribution < 1.29 is 9.72 Å². The van der Waals surface area contributed by atoms with Gasteiger partial charge in [0.1, 0.15) is 6.20 Å². The van der Waals surface area contributed by atoms with Crippen molar-refractivity contribution in [1.82, 2.24) is 9.88 Å². The Morgan fingerprint density at radius 3 is 2.68 bits per heavy atom. The third-order valence-electron chi connectivity index (χ3n) is 2.98. The number of rotatable bonds is 4. The second kappa shape index (κ2) is 6.51. The summed E-state index contributed by atoms with van der Waals surface area (Å²) in [4.78, 5) is 27.8. The fourth-order valence-electron chi connectivity index (χ4n) is 1.94. The maximum atomic E-state index is 11.9. The Balaban J connectivity index is 1.84. The zero-order valence-electron chi connectivity index (χ0n) is 10.4. The number of amides is 1. The number of nitro groups is 1. The van der Waals surface area contributed by atoms with Crippen LogP contribution in [0.5, 0.6) is 0 Å². The van der Waals surface area contributed by atoms with Crippen molar-refractivity contribution in [2.24, 2.45) is 0 Å². The van der Waals surface area contributed by atoms with E-state index in [0.29, 0.717) is 10.8 Å². The number of pyridine rings is 1. The molecule has 1 aromatic heterocycles. The van der Waals surface area contributed by atoms with Gasteiger partial charge in [0.15, 0.2) is 0 Å². The van der Waals surface area contributed by atoms with Gasteiger partial charge in [-0.05, 0) is 25.3 Å². The monoisotopic (exact) mass is 281 g/mol. The lowest BCUT2D eigenvalue weighted by Crippen LogP contribution is -2.36. The van der Waals surface area contributed by atoms with E-state index in [2.05, 4.69) is 4.98 Å². The summed E-state index contributed by atoms with van der Waals surface area (Å²) < 4.78 is 0. The molecule has 2 heterocycles. The summed E-state index contributed by atoms with van der Waals surface area (Å²) in [5.41, 5.74) is -0.0355. The molecule has 0 atom stereocenters. The van der Waals surface area contributed by atoms with E-state index in [1.165, 1.54) is 30.4 Å². The van der Waals surface area contributed by atoms with Crippen LogP contribution in [-0.4, -0.2) is 39.6 Å². The quantitative estimate of drug-likeness (QED) is 0.480. The van der Waals surface area contributed by atoms with Crippen LogP contribution in [0.15, 0.2) is 23.4 Å². The predicted molar refractivity (Wildman–Crippen MR) is 72.0 cm³/mol. The highest BCUT2D eigenvalue weighted by Crippen LogP contribution is 2.19. The van der Waals surface area contributed by atoms with Gasteiger partial charge in [-0.2, -0.15) is 0 Å². The highest BCUT2D eigenvalue weighted by Gasteiger charge is 2.16. The number of hydrogen-bond donors (Lipinski definition) is 0. The topological polar surface area (TPSA) is 76.3 Å². The predicted octanol–water partition coefficient (Wildman–Crippen LogP) is 2.09. The fraction of sp³-hybridized carbons (Fsp3) is 0.500. The molecule has 1 aliphatic heterocycles. The molecule has 19 heavy (non-hydrogen) atoms. The molecule has 1 aliphatic rings. The van der Waals surface area contributed by atoms with Gasteiger partial charge in [-0.25, -0.2) is 4.98 Å². The van der Waals surface area contributed by atoms with Crippen molar-refractivity contribution in [3.63, 3.8) is 0 Å². The van der Waals surface area contributed by atoms with Gasteiger partial charge in [-0.1, -0.05) is 11.8 Å². The highest BCUT2D eigenvalue weighted by atomic mass is 32.2. The molecule has 1 fully saturated rings. The zero-order valence-corrected chi connectivity index (χ0v) is 11.3. The van der Waals surface area contributed by atoms with Crippen molar-refractivity contribution >= 4 is 23.4 Å². The molecular formula is C12H15N3O3S. The summed E-state index contributed by atoms with van der Waals surface area (Å²) in [7, 11) is 0. The third-order valence-corrected chi connectivity index (χ3v) is 3.91. The molecule has 6 nitrogen and oxygen atoms in total. The molecule has 0 aromatic carbocycles. The number of carbonyl (C=O) groups is 1. The number of thioether (sulfide) groups is 1. The van der Waals surface area contributed by atoms with Gasteiger partial charge in [0.25, 0.3) is 5.69 Å². The van der Waals surface area contributed by atoms with Crippen LogP contribution in [0.3, 0.4) is 0 Å². The van der Waals surface area contributed by atoms with Crippen molar-refractivity contribution in [3.8, 4) is 0 Å². The lowest BCUT2D eigenvalue weighted by Gasteiger charge is -2.26. The minimum absolute atomic E-state index is 0.0355. The Bertz CT molecular complexity index is 458. The number of aromatic nitrogens is 1. The van der Waals surface area contributed by atoms with Crippen LogP contribution in [0, 0.1) is 10.1 Å².